The highest BCUT2D eigenvalue weighted by Gasteiger charge is 2.18. The minimum Gasteiger partial charge on any atom is -0.483 e. The van der Waals surface area contributed by atoms with Crippen LogP contribution in [0.15, 0.2) is 66.4 Å². The predicted octanol–water partition coefficient (Wildman–Crippen LogP) is 5.87. The quantitative estimate of drug-likeness (QED) is 0.324. The molecule has 0 spiro atoms. The minimum atomic E-state index is -0.791. The molecule has 0 unspecified atom stereocenters. The van der Waals surface area contributed by atoms with Crippen molar-refractivity contribution in [2.75, 3.05) is 12.8 Å². The van der Waals surface area contributed by atoms with E-state index in [-0.39, 0.29) is 18.8 Å². The number of amides is 1. The first-order chi connectivity index (χ1) is 16.3. The third-order valence-corrected chi connectivity index (χ3v) is 5.76. The third kappa shape index (κ3) is 9.27. The first-order valence-corrected chi connectivity index (χ1v) is 12.2. The molecule has 2 N–H and O–H groups in total. The highest BCUT2D eigenvalue weighted by atomic mass is 32.2. The zero-order valence-electron chi connectivity index (χ0n) is 20.2. The van der Waals surface area contributed by atoms with Crippen molar-refractivity contribution in [2.24, 2.45) is 0 Å². The summed E-state index contributed by atoms with van der Waals surface area (Å²) in [5, 5.41) is 15.8. The molecule has 182 valence electrons. The summed E-state index contributed by atoms with van der Waals surface area (Å²) in [6, 6.07) is 15.6. The van der Waals surface area contributed by atoms with Crippen LogP contribution in [0.4, 0.5) is 0 Å². The predicted molar refractivity (Wildman–Crippen MR) is 139 cm³/mol. The molecule has 0 aliphatic rings. The van der Waals surface area contributed by atoms with Gasteiger partial charge >= 0.3 is 5.97 Å². The van der Waals surface area contributed by atoms with Gasteiger partial charge in [-0.25, -0.2) is 0 Å². The van der Waals surface area contributed by atoms with Crippen LogP contribution in [-0.4, -0.2) is 46.3 Å². The summed E-state index contributed by atoms with van der Waals surface area (Å²) in [6.45, 7) is 6.41. The van der Waals surface area contributed by atoms with Gasteiger partial charge in [0.2, 0.25) is 0 Å². The lowest BCUT2D eigenvalue weighted by Gasteiger charge is -2.24. The van der Waals surface area contributed by atoms with E-state index in [2.05, 4.69) is 13.0 Å². The van der Waals surface area contributed by atoms with Crippen LogP contribution in [0, 0.1) is 6.92 Å². The number of carbonyl (C=O) groups is 3. The Bertz CT molecular complexity index is 995. The molecule has 0 heterocycles. The van der Waals surface area contributed by atoms with Crippen LogP contribution in [-0.2, 0) is 16.0 Å². The Morgan fingerprint density at radius 3 is 2.06 bits per heavy atom. The second-order valence-electron chi connectivity index (χ2n) is 7.45. The Morgan fingerprint density at radius 1 is 1.03 bits per heavy atom. The summed E-state index contributed by atoms with van der Waals surface area (Å²) in [4.78, 5) is 35.3. The molecule has 2 aromatic carbocycles. The fourth-order valence-corrected chi connectivity index (χ4v) is 3.83. The van der Waals surface area contributed by atoms with Gasteiger partial charge in [-0.15, -0.1) is 11.8 Å². The van der Waals surface area contributed by atoms with Crippen LogP contribution in [0.25, 0.3) is 4.91 Å². The SMILES string of the molecule is C/C=C(/C=C(\SC)c1ccc(CCC(=O)O)cc1)N(CCC)C(=O)c1ccc(C)cc1.O=CO. The topological polar surface area (TPSA) is 94.9 Å². The molecule has 0 aliphatic heterocycles. The summed E-state index contributed by atoms with van der Waals surface area (Å²) < 4.78 is 0. The maximum atomic E-state index is 13.2. The summed E-state index contributed by atoms with van der Waals surface area (Å²) in [5.41, 5.74) is 4.72. The van der Waals surface area contributed by atoms with Gasteiger partial charge in [0.05, 0.1) is 0 Å². The summed E-state index contributed by atoms with van der Waals surface area (Å²) in [5.74, 6) is -0.795. The monoisotopic (exact) mass is 483 g/mol. The standard InChI is InChI=1S/C26H31NO3S.CH2O2/c1-5-17-27(26(30)22-12-7-19(3)8-13-22)23(6-2)18-24(31-4)21-14-9-20(10-15-21)11-16-25(28)29;2-1-3/h6-10,12-15,18H,5,11,16-17H2,1-4H3,(H,28,29);1H,(H,2,3)/b23-6-,24-18-;. The number of carboxylic acid groups (broad SMARTS) is 2. The van der Waals surface area contributed by atoms with Gasteiger partial charge in [0, 0.05) is 29.1 Å². The van der Waals surface area contributed by atoms with Crippen molar-refractivity contribution in [3.8, 4) is 0 Å². The van der Waals surface area contributed by atoms with Gasteiger partial charge in [0.25, 0.3) is 12.4 Å². The molecule has 7 heteroatoms. The highest BCUT2D eigenvalue weighted by Crippen LogP contribution is 2.28. The number of hydrogen-bond donors (Lipinski definition) is 2. The molecule has 0 saturated carbocycles. The lowest BCUT2D eigenvalue weighted by Crippen LogP contribution is -2.30. The van der Waals surface area contributed by atoms with Crippen molar-refractivity contribution in [1.82, 2.24) is 4.90 Å². The van der Waals surface area contributed by atoms with Crippen molar-refractivity contribution >= 4 is 35.0 Å². The number of aryl methyl sites for hydroxylation is 2. The molecular weight excluding hydrogens is 450 g/mol. The van der Waals surface area contributed by atoms with Gasteiger partial charge in [-0.2, -0.15) is 0 Å². The van der Waals surface area contributed by atoms with E-state index in [1.807, 2.05) is 79.6 Å². The van der Waals surface area contributed by atoms with E-state index in [1.54, 1.807) is 11.8 Å². The van der Waals surface area contributed by atoms with Crippen molar-refractivity contribution in [3.05, 3.63) is 88.6 Å². The van der Waals surface area contributed by atoms with E-state index in [9.17, 15) is 9.59 Å². The van der Waals surface area contributed by atoms with Crippen LogP contribution >= 0.6 is 11.8 Å². The molecule has 2 rings (SSSR count). The molecule has 0 fully saturated rings. The largest absolute Gasteiger partial charge is 0.483 e. The van der Waals surface area contributed by atoms with Gasteiger partial charge in [-0.1, -0.05) is 55.0 Å². The summed E-state index contributed by atoms with van der Waals surface area (Å²) >= 11 is 1.62. The number of hydrogen-bond acceptors (Lipinski definition) is 4. The van der Waals surface area contributed by atoms with Crippen molar-refractivity contribution in [1.29, 1.82) is 0 Å². The first-order valence-electron chi connectivity index (χ1n) is 11.0. The van der Waals surface area contributed by atoms with E-state index in [0.717, 1.165) is 33.7 Å². The van der Waals surface area contributed by atoms with Gasteiger partial charge in [-0.3, -0.25) is 14.4 Å². The number of rotatable bonds is 10. The number of carboxylic acids is 1. The van der Waals surface area contributed by atoms with Crippen LogP contribution in [0.3, 0.4) is 0 Å². The molecule has 0 radical (unpaired) electrons. The van der Waals surface area contributed by atoms with Gasteiger partial charge < -0.3 is 15.1 Å². The molecule has 0 saturated heterocycles. The number of thioether (sulfide) groups is 1. The van der Waals surface area contributed by atoms with E-state index >= 15 is 0 Å². The number of carbonyl (C=O) groups excluding carboxylic acids is 1. The Kier molecular flexibility index (Phi) is 13.1. The third-order valence-electron chi connectivity index (χ3n) is 4.96. The van der Waals surface area contributed by atoms with Crippen molar-refractivity contribution in [2.45, 2.75) is 40.0 Å². The Hall–Kier alpha value is -3.32. The van der Waals surface area contributed by atoms with E-state index < -0.39 is 5.97 Å². The van der Waals surface area contributed by atoms with Crippen LogP contribution < -0.4 is 0 Å². The molecule has 1 amide bonds. The number of aliphatic carboxylic acids is 1. The first kappa shape index (κ1) is 28.7. The molecule has 2 aromatic rings. The minimum absolute atomic E-state index is 0.00401. The Morgan fingerprint density at radius 2 is 1.59 bits per heavy atom. The lowest BCUT2D eigenvalue weighted by molar-refractivity contribution is -0.137. The van der Waals surface area contributed by atoms with Gasteiger partial charge in [0.1, 0.15) is 0 Å². The number of allylic oxidation sites excluding steroid dienone is 2. The molecule has 0 atom stereocenters. The lowest BCUT2D eigenvalue weighted by atomic mass is 10.1. The number of nitrogens with zero attached hydrogens (tertiary/aromatic N) is 1. The van der Waals surface area contributed by atoms with Crippen molar-refractivity contribution in [3.63, 3.8) is 0 Å². The fraction of sp³-hybridized carbons (Fsp3) is 0.296. The van der Waals surface area contributed by atoms with Gasteiger partial charge in [-0.05, 0) is 62.3 Å². The van der Waals surface area contributed by atoms with Crippen LogP contribution in [0.1, 0.15) is 53.7 Å². The average molecular weight is 484 g/mol. The van der Waals surface area contributed by atoms with Crippen molar-refractivity contribution < 1.29 is 24.6 Å². The second kappa shape index (κ2) is 15.5. The second-order valence-corrected chi connectivity index (χ2v) is 8.29. The van der Waals surface area contributed by atoms with Crippen LogP contribution in [0.2, 0.25) is 0 Å². The molecule has 0 aromatic heterocycles. The molecule has 34 heavy (non-hydrogen) atoms. The van der Waals surface area contributed by atoms with Gasteiger partial charge in [0.15, 0.2) is 0 Å². The molecule has 0 bridgehead atoms. The molecular formula is C27H33NO5S. The summed E-state index contributed by atoms with van der Waals surface area (Å²) in [6.07, 6.45) is 7.54. The maximum absolute atomic E-state index is 13.2. The zero-order valence-corrected chi connectivity index (χ0v) is 21.0. The zero-order chi connectivity index (χ0) is 25.5. The number of benzene rings is 2. The maximum Gasteiger partial charge on any atom is 0.303 e. The smallest absolute Gasteiger partial charge is 0.303 e. The fourth-order valence-electron chi connectivity index (χ4n) is 3.22. The highest BCUT2D eigenvalue weighted by molar-refractivity contribution is 8.07. The average Bonchev–Trinajstić information content (AvgIpc) is 2.83. The molecule has 6 nitrogen and oxygen atoms in total. The normalized spacial score (nSPS) is 11.3. The van der Waals surface area contributed by atoms with Crippen LogP contribution in [0.5, 0.6) is 0 Å². The molecule has 0 aliphatic carbocycles. The van der Waals surface area contributed by atoms with E-state index in [0.29, 0.717) is 18.5 Å². The van der Waals surface area contributed by atoms with E-state index in [4.69, 9.17) is 15.0 Å². The van der Waals surface area contributed by atoms with E-state index in [1.165, 1.54) is 0 Å². The summed E-state index contributed by atoms with van der Waals surface area (Å²) in [7, 11) is 0. The Labute approximate surface area is 206 Å². The Balaban J connectivity index is 0.00000182.